The molecule has 2 heterocycles. The van der Waals surface area contributed by atoms with Crippen LogP contribution in [-0.4, -0.2) is 27.2 Å². The maximum absolute atomic E-state index is 12.8. The third kappa shape index (κ3) is 2.78. The molecule has 1 aromatic carbocycles. The maximum atomic E-state index is 12.8. The minimum atomic E-state index is -0.819. The van der Waals surface area contributed by atoms with Crippen molar-refractivity contribution >= 4 is 28.2 Å². The molecule has 3 aromatic rings. The highest BCUT2D eigenvalue weighted by Crippen LogP contribution is 2.27. The van der Waals surface area contributed by atoms with Gasteiger partial charge in [0.25, 0.3) is 5.56 Å². The van der Waals surface area contributed by atoms with Crippen LogP contribution in [0.15, 0.2) is 35.3 Å². The fourth-order valence-electron chi connectivity index (χ4n) is 2.57. The van der Waals surface area contributed by atoms with Gasteiger partial charge in [-0.3, -0.25) is 4.79 Å². The molecular formula is C17H16N2O4S. The van der Waals surface area contributed by atoms with Gasteiger partial charge in [0.1, 0.15) is 5.75 Å². The van der Waals surface area contributed by atoms with Crippen LogP contribution in [0.2, 0.25) is 0 Å². The van der Waals surface area contributed by atoms with Gasteiger partial charge in [-0.25, -0.2) is 9.78 Å². The number of aromatic nitrogens is 2. The smallest absolute Gasteiger partial charge is 0.347 e. The van der Waals surface area contributed by atoms with E-state index in [1.54, 1.807) is 37.4 Å². The van der Waals surface area contributed by atoms with Gasteiger partial charge in [-0.05, 0) is 26.0 Å². The molecule has 0 saturated carbocycles. The quantitative estimate of drug-likeness (QED) is 0.736. The molecular weight excluding hydrogens is 328 g/mol. The van der Waals surface area contributed by atoms with Crippen LogP contribution in [0, 0.1) is 6.92 Å². The second-order valence-electron chi connectivity index (χ2n) is 5.20. The summed E-state index contributed by atoms with van der Waals surface area (Å²) in [5, 5.41) is 11.7. The van der Waals surface area contributed by atoms with E-state index in [9.17, 15) is 14.7 Å². The van der Waals surface area contributed by atoms with Crippen molar-refractivity contribution in [3.63, 3.8) is 0 Å². The molecule has 6 nitrogen and oxygen atoms in total. The zero-order valence-electron chi connectivity index (χ0n) is 13.3. The van der Waals surface area contributed by atoms with Crippen molar-refractivity contribution in [3.05, 3.63) is 56.3 Å². The van der Waals surface area contributed by atoms with Crippen LogP contribution >= 0.6 is 11.3 Å². The lowest BCUT2D eigenvalue weighted by Crippen LogP contribution is -2.28. The highest BCUT2D eigenvalue weighted by molar-refractivity contribution is 7.11. The predicted octanol–water partition coefficient (Wildman–Crippen LogP) is 2.70. The van der Waals surface area contributed by atoms with Crippen LogP contribution in [0.5, 0.6) is 5.75 Å². The molecule has 0 amide bonds. The molecule has 124 valence electrons. The fourth-order valence-corrected chi connectivity index (χ4v) is 3.35. The average Bonchev–Trinajstić information content (AvgIpc) is 2.97. The fraction of sp³-hybridized carbons (Fsp3) is 0.235. The third-order valence-electron chi connectivity index (χ3n) is 3.61. The van der Waals surface area contributed by atoms with Crippen molar-refractivity contribution in [2.75, 3.05) is 6.61 Å². The van der Waals surface area contributed by atoms with E-state index in [-0.39, 0.29) is 24.5 Å². The Morgan fingerprint density at radius 1 is 1.38 bits per heavy atom. The van der Waals surface area contributed by atoms with E-state index in [1.807, 2.05) is 6.92 Å². The van der Waals surface area contributed by atoms with E-state index >= 15 is 0 Å². The van der Waals surface area contributed by atoms with Gasteiger partial charge in [0.05, 0.1) is 23.7 Å². The highest BCUT2D eigenvalue weighted by Gasteiger charge is 2.23. The second kappa shape index (κ2) is 6.45. The zero-order valence-corrected chi connectivity index (χ0v) is 14.1. The first kappa shape index (κ1) is 16.2. The lowest BCUT2D eigenvalue weighted by molar-refractivity contribution is 0.0520. The number of thiazole rings is 1. The Hall–Kier alpha value is -2.67. The topological polar surface area (TPSA) is 81.4 Å². The van der Waals surface area contributed by atoms with Crippen molar-refractivity contribution in [3.8, 4) is 5.75 Å². The molecule has 0 radical (unpaired) electrons. The summed E-state index contributed by atoms with van der Waals surface area (Å²) in [5.41, 5.74) is -0.355. The molecule has 0 spiro atoms. The molecule has 0 saturated heterocycles. The van der Waals surface area contributed by atoms with E-state index in [0.29, 0.717) is 10.9 Å². The van der Waals surface area contributed by atoms with E-state index in [4.69, 9.17) is 4.74 Å². The lowest BCUT2D eigenvalue weighted by atomic mass is 10.1. The summed E-state index contributed by atoms with van der Waals surface area (Å²) in [4.78, 5) is 30.0. The lowest BCUT2D eigenvalue weighted by Gasteiger charge is -2.13. The molecule has 0 aliphatic rings. The molecule has 0 aliphatic heterocycles. The van der Waals surface area contributed by atoms with Crippen LogP contribution < -0.4 is 5.56 Å². The monoisotopic (exact) mass is 344 g/mol. The number of pyridine rings is 1. The number of hydrogen-bond acceptors (Lipinski definition) is 6. The number of benzene rings is 1. The van der Waals surface area contributed by atoms with Gasteiger partial charge in [0, 0.05) is 16.5 Å². The number of hydrogen-bond donors (Lipinski definition) is 1. The van der Waals surface area contributed by atoms with Gasteiger partial charge in [0.2, 0.25) is 0 Å². The highest BCUT2D eigenvalue weighted by atomic mass is 32.1. The number of esters is 1. The number of nitrogens with zero attached hydrogens (tertiary/aromatic N) is 2. The molecule has 0 unspecified atom stereocenters. The number of ether oxygens (including phenoxy) is 1. The van der Waals surface area contributed by atoms with Crippen LogP contribution in [-0.2, 0) is 11.3 Å². The standard InChI is InChI=1S/C17H16N2O4S/c1-3-23-17(22)14-15(20)12-6-4-5-7-13(12)19(16(14)21)9-11-8-18-10(2)24-11/h4-8,20H,3,9H2,1-2H3. The second-order valence-corrected chi connectivity index (χ2v) is 6.52. The molecule has 24 heavy (non-hydrogen) atoms. The van der Waals surface area contributed by atoms with Gasteiger partial charge in [0.15, 0.2) is 5.56 Å². The summed E-state index contributed by atoms with van der Waals surface area (Å²) in [6, 6.07) is 6.92. The van der Waals surface area contributed by atoms with E-state index in [0.717, 1.165) is 9.88 Å². The van der Waals surface area contributed by atoms with Crippen LogP contribution in [0.25, 0.3) is 10.9 Å². The number of para-hydroxylation sites is 1. The molecule has 0 bridgehead atoms. The van der Waals surface area contributed by atoms with Gasteiger partial charge < -0.3 is 14.4 Å². The van der Waals surface area contributed by atoms with Gasteiger partial charge in [-0.2, -0.15) is 0 Å². The molecule has 2 aromatic heterocycles. The number of carbonyl (C=O) groups excluding carboxylic acids is 1. The van der Waals surface area contributed by atoms with Crippen molar-refractivity contribution in [1.82, 2.24) is 9.55 Å². The molecule has 0 atom stereocenters. The SMILES string of the molecule is CCOC(=O)c1c(O)c2ccccc2n(Cc2cnc(C)s2)c1=O. The van der Waals surface area contributed by atoms with Crippen molar-refractivity contribution in [2.24, 2.45) is 0 Å². The van der Waals surface area contributed by atoms with Gasteiger partial charge >= 0.3 is 5.97 Å². The normalized spacial score (nSPS) is 10.9. The van der Waals surface area contributed by atoms with Crippen LogP contribution in [0.4, 0.5) is 0 Å². The Kier molecular flexibility index (Phi) is 4.35. The van der Waals surface area contributed by atoms with Crippen LogP contribution in [0.1, 0.15) is 27.2 Å². The van der Waals surface area contributed by atoms with E-state index in [2.05, 4.69) is 4.98 Å². The predicted molar refractivity (Wildman–Crippen MR) is 91.8 cm³/mol. The Morgan fingerprint density at radius 3 is 2.79 bits per heavy atom. The summed E-state index contributed by atoms with van der Waals surface area (Å²) in [6.45, 7) is 3.93. The Morgan fingerprint density at radius 2 is 2.12 bits per heavy atom. The summed E-state index contributed by atoms with van der Waals surface area (Å²) < 4.78 is 6.39. The minimum Gasteiger partial charge on any atom is -0.506 e. The first-order chi connectivity index (χ1) is 11.5. The van der Waals surface area contributed by atoms with E-state index < -0.39 is 11.5 Å². The summed E-state index contributed by atoms with van der Waals surface area (Å²) >= 11 is 1.48. The van der Waals surface area contributed by atoms with E-state index in [1.165, 1.54) is 15.9 Å². The van der Waals surface area contributed by atoms with Crippen molar-refractivity contribution < 1.29 is 14.6 Å². The average molecular weight is 344 g/mol. The zero-order chi connectivity index (χ0) is 17.3. The molecule has 0 aliphatic carbocycles. The maximum Gasteiger partial charge on any atom is 0.347 e. The number of aryl methyl sites for hydroxylation is 1. The number of rotatable bonds is 4. The molecule has 0 fully saturated rings. The van der Waals surface area contributed by atoms with Crippen LogP contribution in [0.3, 0.4) is 0 Å². The largest absolute Gasteiger partial charge is 0.506 e. The third-order valence-corrected chi connectivity index (χ3v) is 4.51. The summed E-state index contributed by atoms with van der Waals surface area (Å²) in [6.07, 6.45) is 1.71. The Labute approximate surface area is 142 Å². The number of fused-ring (bicyclic) bond motifs is 1. The summed E-state index contributed by atoms with van der Waals surface area (Å²) in [7, 11) is 0. The molecule has 3 rings (SSSR count). The Balaban J connectivity index is 2.26. The number of carbonyl (C=O) groups is 1. The molecule has 1 N–H and O–H groups in total. The van der Waals surface area contributed by atoms with Gasteiger partial charge in [-0.1, -0.05) is 12.1 Å². The van der Waals surface area contributed by atoms with Crippen molar-refractivity contribution in [1.29, 1.82) is 0 Å². The Bertz CT molecular complexity index is 974. The van der Waals surface area contributed by atoms with Crippen molar-refractivity contribution in [2.45, 2.75) is 20.4 Å². The molecule has 7 heteroatoms. The van der Waals surface area contributed by atoms with Gasteiger partial charge in [-0.15, -0.1) is 11.3 Å². The first-order valence-corrected chi connectivity index (χ1v) is 8.27. The first-order valence-electron chi connectivity index (χ1n) is 7.45. The summed E-state index contributed by atoms with van der Waals surface area (Å²) in [5.74, 6) is -1.16. The number of aromatic hydroxyl groups is 1. The minimum absolute atomic E-state index is 0.124.